The first-order valence-electron chi connectivity index (χ1n) is 5.85. The van der Waals surface area contributed by atoms with Gasteiger partial charge in [0.1, 0.15) is 22.1 Å². The topological polar surface area (TPSA) is 83.1 Å². The largest absolute Gasteiger partial charge is 0.197 e. The van der Waals surface area contributed by atoms with Gasteiger partial charge in [-0.05, 0) is 36.8 Å². The number of aromatic nitrogens is 6. The molecule has 2 heterocycles. The lowest BCUT2D eigenvalue weighted by molar-refractivity contribution is 0.959. The van der Waals surface area contributed by atoms with Crippen LogP contribution < -0.4 is 0 Å². The van der Waals surface area contributed by atoms with Gasteiger partial charge in [-0.25, -0.2) is 0 Å². The van der Waals surface area contributed by atoms with E-state index < -0.39 is 0 Å². The van der Waals surface area contributed by atoms with E-state index in [0.717, 1.165) is 22.1 Å². The quantitative estimate of drug-likeness (QED) is 0.502. The zero-order chi connectivity index (χ0) is 13.1. The summed E-state index contributed by atoms with van der Waals surface area (Å²) >= 11 is 0. The highest BCUT2D eigenvalue weighted by atomic mass is 15.3. The van der Waals surface area contributed by atoms with Gasteiger partial charge in [-0.1, -0.05) is 18.2 Å². The number of aromatic amines is 2. The van der Waals surface area contributed by atoms with Gasteiger partial charge in [0.25, 0.3) is 0 Å². The van der Waals surface area contributed by atoms with Crippen LogP contribution in [0.2, 0.25) is 0 Å². The molecule has 0 bridgehead atoms. The number of aryl methyl sites for hydroxylation is 1. The second kappa shape index (κ2) is 4.85. The number of fused-ring (bicyclic) bond motifs is 2. The zero-order valence-corrected chi connectivity index (χ0v) is 10.3. The molecule has 0 aliphatic rings. The molecule has 6 nitrogen and oxygen atoms in total. The molecule has 0 spiro atoms. The molecule has 0 amide bonds. The average molecular weight is 252 g/mol. The number of H-pyrrole nitrogens is 2. The smallest absolute Gasteiger partial charge is 0.113 e. The maximum Gasteiger partial charge on any atom is 0.113 e. The van der Waals surface area contributed by atoms with E-state index in [1.54, 1.807) is 0 Å². The van der Waals surface area contributed by atoms with Gasteiger partial charge < -0.3 is 0 Å². The van der Waals surface area contributed by atoms with Crippen LogP contribution in [0, 0.1) is 6.92 Å². The van der Waals surface area contributed by atoms with E-state index in [9.17, 15) is 0 Å². The summed E-state index contributed by atoms with van der Waals surface area (Å²) in [5, 5.41) is 20.7. The second-order valence-electron chi connectivity index (χ2n) is 4.13. The SMILES string of the molecule is Cc1ccc2n[nH]nc2c1.c1ccc2n[nH]nc2c1. The molecule has 0 atom stereocenters. The highest BCUT2D eigenvalue weighted by Gasteiger charge is 1.94. The van der Waals surface area contributed by atoms with E-state index in [-0.39, 0.29) is 0 Å². The van der Waals surface area contributed by atoms with Crippen molar-refractivity contribution in [1.29, 1.82) is 0 Å². The van der Waals surface area contributed by atoms with Crippen LogP contribution in [0.15, 0.2) is 42.5 Å². The third-order valence-corrected chi connectivity index (χ3v) is 2.69. The third-order valence-electron chi connectivity index (χ3n) is 2.69. The number of hydrogen-bond acceptors (Lipinski definition) is 4. The van der Waals surface area contributed by atoms with E-state index in [2.05, 4.69) is 30.8 Å². The van der Waals surface area contributed by atoms with E-state index in [1.165, 1.54) is 5.56 Å². The fraction of sp³-hybridized carbons (Fsp3) is 0.0769. The molecule has 0 fully saturated rings. The molecule has 0 aliphatic carbocycles. The van der Waals surface area contributed by atoms with Gasteiger partial charge in [0, 0.05) is 0 Å². The van der Waals surface area contributed by atoms with Crippen molar-refractivity contribution < 1.29 is 0 Å². The predicted octanol–water partition coefficient (Wildman–Crippen LogP) is 2.22. The average Bonchev–Trinajstić information content (AvgIpc) is 3.07. The van der Waals surface area contributed by atoms with Gasteiger partial charge in [0.05, 0.1) is 0 Å². The Kier molecular flexibility index (Phi) is 2.89. The van der Waals surface area contributed by atoms with Gasteiger partial charge in [0.15, 0.2) is 0 Å². The summed E-state index contributed by atoms with van der Waals surface area (Å²) in [6.07, 6.45) is 0. The van der Waals surface area contributed by atoms with Gasteiger partial charge in [0.2, 0.25) is 0 Å². The standard InChI is InChI=1S/C7H7N3.C6H5N3/c1-5-2-3-6-7(4-5)9-10-8-6;1-2-4-6-5(3-1)7-9-8-6/h2-4H,1H3,(H,8,9,10);1-4H,(H,7,8,9). The van der Waals surface area contributed by atoms with Crippen LogP contribution in [0.4, 0.5) is 0 Å². The van der Waals surface area contributed by atoms with E-state index in [0.29, 0.717) is 0 Å². The molecule has 0 radical (unpaired) electrons. The highest BCUT2D eigenvalue weighted by Crippen LogP contribution is 2.08. The van der Waals surface area contributed by atoms with Crippen LogP contribution in [0.5, 0.6) is 0 Å². The summed E-state index contributed by atoms with van der Waals surface area (Å²) in [5.41, 5.74) is 4.89. The van der Waals surface area contributed by atoms with Crippen molar-refractivity contribution in [2.75, 3.05) is 0 Å². The summed E-state index contributed by atoms with van der Waals surface area (Å²) in [7, 11) is 0. The Labute approximate surface area is 108 Å². The number of hydrogen-bond donors (Lipinski definition) is 2. The van der Waals surface area contributed by atoms with Gasteiger partial charge in [-0.2, -0.15) is 30.8 Å². The normalized spacial score (nSPS) is 10.4. The molecule has 2 aromatic heterocycles. The fourth-order valence-electron chi connectivity index (χ4n) is 1.74. The van der Waals surface area contributed by atoms with E-state index in [4.69, 9.17) is 0 Å². The third kappa shape index (κ3) is 2.42. The monoisotopic (exact) mass is 252 g/mol. The lowest BCUT2D eigenvalue weighted by atomic mass is 10.2. The van der Waals surface area contributed by atoms with E-state index >= 15 is 0 Å². The Balaban J connectivity index is 0.000000117. The van der Waals surface area contributed by atoms with Crippen molar-refractivity contribution >= 4 is 22.1 Å². The Morgan fingerprint density at radius 1 is 0.684 bits per heavy atom. The molecular formula is C13H12N6. The Bertz CT molecular complexity index is 770. The molecule has 0 unspecified atom stereocenters. The highest BCUT2D eigenvalue weighted by molar-refractivity contribution is 5.74. The number of nitrogens with zero attached hydrogens (tertiary/aromatic N) is 4. The predicted molar refractivity (Wildman–Crippen MR) is 72.5 cm³/mol. The lowest BCUT2D eigenvalue weighted by Gasteiger charge is -1.87. The Hall–Kier alpha value is -2.76. The molecular weight excluding hydrogens is 240 g/mol. The second-order valence-corrected chi connectivity index (χ2v) is 4.13. The lowest BCUT2D eigenvalue weighted by Crippen LogP contribution is -1.71. The number of nitrogens with one attached hydrogen (secondary N) is 2. The van der Waals surface area contributed by atoms with Crippen molar-refractivity contribution in [3.63, 3.8) is 0 Å². The first-order chi connectivity index (χ1) is 9.33. The fourth-order valence-corrected chi connectivity index (χ4v) is 1.74. The summed E-state index contributed by atoms with van der Waals surface area (Å²) < 4.78 is 0. The minimum atomic E-state index is 0.914. The Morgan fingerprint density at radius 3 is 1.84 bits per heavy atom. The maximum absolute atomic E-state index is 3.94. The summed E-state index contributed by atoms with van der Waals surface area (Å²) in [4.78, 5) is 0. The summed E-state index contributed by atoms with van der Waals surface area (Å²) in [6.45, 7) is 2.04. The van der Waals surface area contributed by atoms with Crippen LogP contribution in [0.25, 0.3) is 22.1 Å². The van der Waals surface area contributed by atoms with Gasteiger partial charge >= 0.3 is 0 Å². The van der Waals surface area contributed by atoms with Crippen molar-refractivity contribution in [3.8, 4) is 0 Å². The summed E-state index contributed by atoms with van der Waals surface area (Å²) in [5.74, 6) is 0. The van der Waals surface area contributed by atoms with Crippen LogP contribution in [0.1, 0.15) is 5.56 Å². The van der Waals surface area contributed by atoms with Gasteiger partial charge in [-0.3, -0.25) is 0 Å². The van der Waals surface area contributed by atoms with Crippen molar-refractivity contribution in [2.24, 2.45) is 0 Å². The molecule has 6 heteroatoms. The molecule has 4 rings (SSSR count). The van der Waals surface area contributed by atoms with E-state index in [1.807, 2.05) is 49.4 Å². The molecule has 0 saturated carbocycles. The van der Waals surface area contributed by atoms with Gasteiger partial charge in [-0.15, -0.1) is 0 Å². The minimum absolute atomic E-state index is 0.914. The van der Waals surface area contributed by atoms with Crippen LogP contribution in [-0.4, -0.2) is 30.8 Å². The van der Waals surface area contributed by atoms with Crippen molar-refractivity contribution in [1.82, 2.24) is 30.8 Å². The Morgan fingerprint density at radius 2 is 1.21 bits per heavy atom. The first-order valence-corrected chi connectivity index (χ1v) is 5.85. The van der Waals surface area contributed by atoms with Crippen molar-refractivity contribution in [3.05, 3.63) is 48.0 Å². The number of rotatable bonds is 0. The molecule has 2 aromatic carbocycles. The number of para-hydroxylation sites is 2. The summed E-state index contributed by atoms with van der Waals surface area (Å²) in [6, 6.07) is 13.7. The van der Waals surface area contributed by atoms with Crippen LogP contribution in [0.3, 0.4) is 0 Å². The zero-order valence-electron chi connectivity index (χ0n) is 10.3. The minimum Gasteiger partial charge on any atom is -0.197 e. The number of benzene rings is 2. The molecule has 0 saturated heterocycles. The molecule has 19 heavy (non-hydrogen) atoms. The molecule has 4 aromatic rings. The first kappa shape index (κ1) is 11.3. The molecule has 2 N–H and O–H groups in total. The molecule has 0 aliphatic heterocycles. The maximum atomic E-state index is 3.94. The molecule has 94 valence electrons. The van der Waals surface area contributed by atoms with Crippen LogP contribution >= 0.6 is 0 Å². The van der Waals surface area contributed by atoms with Crippen LogP contribution in [-0.2, 0) is 0 Å². The van der Waals surface area contributed by atoms with Crippen molar-refractivity contribution in [2.45, 2.75) is 6.92 Å².